The molecule has 14 N–H and O–H groups in total. The number of hydrogen-bond donors (Lipinski definition) is 9. The first-order valence-electron chi connectivity index (χ1n) is 13.5. The number of carbonyl (C=O) groups is 4. The van der Waals surface area contributed by atoms with Gasteiger partial charge in [0.1, 0.15) is 18.1 Å². The lowest BCUT2D eigenvalue weighted by molar-refractivity contribution is -0.142. The van der Waals surface area contributed by atoms with Crippen LogP contribution < -0.4 is 44.6 Å². The molecule has 0 aliphatic carbocycles. The molecule has 4 atom stereocenters. The van der Waals surface area contributed by atoms with E-state index in [1.165, 1.54) is 11.8 Å². The molecular weight excluding hydrogens is 564 g/mol. The topological polar surface area (TPSA) is 279 Å². The highest BCUT2D eigenvalue weighted by Crippen LogP contribution is 2.08. The fourth-order valence-electron chi connectivity index (χ4n) is 3.80. The molecule has 234 valence electrons. The number of amides is 3. The minimum Gasteiger partial charge on any atom is -0.480 e. The van der Waals surface area contributed by atoms with Crippen molar-refractivity contribution in [3.63, 3.8) is 0 Å². The minimum atomic E-state index is -1.24. The van der Waals surface area contributed by atoms with E-state index in [9.17, 15) is 24.3 Å². The van der Waals surface area contributed by atoms with Crippen LogP contribution in [-0.2, 0) is 25.6 Å². The summed E-state index contributed by atoms with van der Waals surface area (Å²) < 4.78 is 0. The first-order chi connectivity index (χ1) is 19.9. The van der Waals surface area contributed by atoms with Gasteiger partial charge in [0.15, 0.2) is 11.9 Å². The molecule has 0 fully saturated rings. The zero-order valence-electron chi connectivity index (χ0n) is 23.8. The van der Waals surface area contributed by atoms with Crippen molar-refractivity contribution in [1.82, 2.24) is 16.0 Å². The summed E-state index contributed by atoms with van der Waals surface area (Å²) in [7, 11) is 0. The molecule has 3 amide bonds. The molecule has 0 aliphatic rings. The lowest BCUT2D eigenvalue weighted by Crippen LogP contribution is -2.57. The summed E-state index contributed by atoms with van der Waals surface area (Å²) in [6.07, 6.45) is 3.34. The molecule has 0 aliphatic heterocycles. The normalized spacial score (nSPS) is 13.5. The zero-order chi connectivity index (χ0) is 31.5. The first-order valence-corrected chi connectivity index (χ1v) is 14.9. The number of carbonyl (C=O) groups excluding carboxylic acids is 3. The van der Waals surface area contributed by atoms with Crippen LogP contribution in [0.4, 0.5) is 0 Å². The fraction of sp³-hybridized carbons (Fsp3) is 0.538. The largest absolute Gasteiger partial charge is 0.480 e. The smallest absolute Gasteiger partial charge is 0.326 e. The van der Waals surface area contributed by atoms with E-state index in [1.54, 1.807) is 30.3 Å². The summed E-state index contributed by atoms with van der Waals surface area (Å²) in [5.74, 6) is -2.71. The number of hydrogen-bond acceptors (Lipinski definition) is 8. The maximum absolute atomic E-state index is 13.3. The van der Waals surface area contributed by atoms with Gasteiger partial charge in [0.25, 0.3) is 0 Å². The maximum atomic E-state index is 13.3. The number of guanidine groups is 2. The van der Waals surface area contributed by atoms with E-state index in [4.69, 9.17) is 28.7 Å². The van der Waals surface area contributed by atoms with Gasteiger partial charge in [-0.3, -0.25) is 24.4 Å². The van der Waals surface area contributed by atoms with Gasteiger partial charge < -0.3 is 49.7 Å². The average Bonchev–Trinajstić information content (AvgIpc) is 2.94. The Morgan fingerprint density at radius 3 is 1.81 bits per heavy atom. The van der Waals surface area contributed by atoms with Crippen molar-refractivity contribution < 1.29 is 24.3 Å². The van der Waals surface area contributed by atoms with Crippen LogP contribution in [0.5, 0.6) is 0 Å². The molecule has 0 heterocycles. The summed E-state index contributed by atoms with van der Waals surface area (Å²) in [6, 6.07) is 4.59. The highest BCUT2D eigenvalue weighted by Gasteiger charge is 2.30. The molecule has 15 nitrogen and oxygen atoms in total. The lowest BCUT2D eigenvalue weighted by atomic mass is 10.0. The van der Waals surface area contributed by atoms with Gasteiger partial charge in [-0.25, -0.2) is 4.79 Å². The van der Waals surface area contributed by atoms with Gasteiger partial charge in [-0.05, 0) is 49.7 Å². The standard InChI is InChI=1S/C26H44N10O5S/c1-42-14-11-19(34-21(37)17(27)9-5-12-32-25(28)29)23(39)35-18(10-6-13-33-26(30)31)22(38)36-20(24(40)41)15-16-7-3-2-4-8-16/h2-4,7-8,17-20H,5-6,9-15,27H2,1H3,(H,34,37)(H,35,39)(H,36,38)(H,40,41)(H4,28,29,32)(H4,30,31,33). The third-order valence-electron chi connectivity index (χ3n) is 6.02. The summed E-state index contributed by atoms with van der Waals surface area (Å²) in [5, 5.41) is 17.6. The predicted molar refractivity (Wildman–Crippen MR) is 164 cm³/mol. The number of carboxylic acids is 1. The van der Waals surface area contributed by atoms with E-state index < -0.39 is 47.9 Å². The minimum absolute atomic E-state index is 0.0457. The summed E-state index contributed by atoms with van der Waals surface area (Å²) in [5.41, 5.74) is 28.1. The number of aliphatic imine (C=N–C) groups is 2. The van der Waals surface area contributed by atoms with Crippen molar-refractivity contribution in [3.05, 3.63) is 35.9 Å². The molecule has 4 unspecified atom stereocenters. The van der Waals surface area contributed by atoms with E-state index >= 15 is 0 Å². The Kier molecular flexibility index (Phi) is 17.1. The SMILES string of the molecule is CSCCC(NC(=O)C(N)CCCN=C(N)N)C(=O)NC(CCCN=C(N)N)C(=O)NC(Cc1ccccc1)C(=O)O. The van der Waals surface area contributed by atoms with E-state index in [0.29, 0.717) is 30.7 Å². The van der Waals surface area contributed by atoms with Gasteiger partial charge in [0, 0.05) is 19.5 Å². The van der Waals surface area contributed by atoms with Gasteiger partial charge in [-0.15, -0.1) is 0 Å². The van der Waals surface area contributed by atoms with E-state index in [2.05, 4.69) is 25.9 Å². The first kappa shape index (κ1) is 36.0. The molecule has 0 saturated carbocycles. The number of nitrogens with zero attached hydrogens (tertiary/aromatic N) is 2. The van der Waals surface area contributed by atoms with Crippen molar-refractivity contribution >= 4 is 47.4 Å². The Morgan fingerprint density at radius 1 is 0.786 bits per heavy atom. The van der Waals surface area contributed by atoms with E-state index in [0.717, 1.165) is 0 Å². The Hall–Kier alpha value is -4.05. The molecule has 0 radical (unpaired) electrons. The number of aliphatic carboxylic acids is 1. The molecule has 0 saturated heterocycles. The third-order valence-corrected chi connectivity index (χ3v) is 6.67. The number of nitrogens with two attached hydrogens (primary N) is 5. The zero-order valence-corrected chi connectivity index (χ0v) is 24.6. The molecule has 1 rings (SSSR count). The highest BCUT2D eigenvalue weighted by molar-refractivity contribution is 7.98. The van der Waals surface area contributed by atoms with Gasteiger partial charge in [0.2, 0.25) is 17.7 Å². The van der Waals surface area contributed by atoms with Crippen molar-refractivity contribution in [2.75, 3.05) is 25.1 Å². The van der Waals surface area contributed by atoms with Crippen LogP contribution >= 0.6 is 11.8 Å². The van der Waals surface area contributed by atoms with Crippen molar-refractivity contribution in [2.45, 2.75) is 62.7 Å². The number of thioether (sulfide) groups is 1. The van der Waals surface area contributed by atoms with Crippen LogP contribution in [0, 0.1) is 0 Å². The van der Waals surface area contributed by atoms with Crippen LogP contribution in [0.1, 0.15) is 37.7 Å². The monoisotopic (exact) mass is 608 g/mol. The van der Waals surface area contributed by atoms with E-state index in [-0.39, 0.29) is 44.1 Å². The Balaban J connectivity index is 3.00. The van der Waals surface area contributed by atoms with Crippen LogP contribution in [-0.4, -0.2) is 90.0 Å². The Bertz CT molecular complexity index is 1060. The molecule has 0 aromatic heterocycles. The number of benzene rings is 1. The average molecular weight is 609 g/mol. The van der Waals surface area contributed by atoms with Gasteiger partial charge in [-0.2, -0.15) is 11.8 Å². The predicted octanol–water partition coefficient (Wildman–Crippen LogP) is -2.04. The van der Waals surface area contributed by atoms with Crippen molar-refractivity contribution in [1.29, 1.82) is 0 Å². The van der Waals surface area contributed by atoms with Crippen LogP contribution in [0.3, 0.4) is 0 Å². The molecule has 16 heteroatoms. The third kappa shape index (κ3) is 15.1. The van der Waals surface area contributed by atoms with E-state index in [1.807, 2.05) is 6.26 Å². The second-order valence-electron chi connectivity index (χ2n) is 9.50. The Labute approximate surface area is 249 Å². The van der Waals surface area contributed by atoms with Crippen LogP contribution in [0.25, 0.3) is 0 Å². The fourth-order valence-corrected chi connectivity index (χ4v) is 4.27. The lowest BCUT2D eigenvalue weighted by Gasteiger charge is -2.25. The van der Waals surface area contributed by atoms with Gasteiger partial charge in [-0.1, -0.05) is 30.3 Å². The van der Waals surface area contributed by atoms with Gasteiger partial charge >= 0.3 is 5.97 Å². The van der Waals surface area contributed by atoms with Crippen molar-refractivity contribution in [2.24, 2.45) is 38.7 Å². The highest BCUT2D eigenvalue weighted by atomic mass is 32.2. The molecule has 1 aromatic rings. The second kappa shape index (κ2) is 19.9. The summed E-state index contributed by atoms with van der Waals surface area (Å²) in [4.78, 5) is 59.0. The van der Waals surface area contributed by atoms with Crippen molar-refractivity contribution in [3.8, 4) is 0 Å². The van der Waals surface area contributed by atoms with Crippen LogP contribution in [0.15, 0.2) is 40.3 Å². The quantitative estimate of drug-likeness (QED) is 0.0441. The number of rotatable bonds is 20. The van der Waals surface area contributed by atoms with Crippen LogP contribution in [0.2, 0.25) is 0 Å². The Morgan fingerprint density at radius 2 is 1.29 bits per heavy atom. The molecule has 42 heavy (non-hydrogen) atoms. The summed E-state index contributed by atoms with van der Waals surface area (Å²) in [6.45, 7) is 0.494. The molecule has 0 spiro atoms. The maximum Gasteiger partial charge on any atom is 0.326 e. The van der Waals surface area contributed by atoms with Gasteiger partial charge in [0.05, 0.1) is 6.04 Å². The molecular formula is C26H44N10O5S. The number of carboxylic acid groups (broad SMARTS) is 1. The second-order valence-corrected chi connectivity index (χ2v) is 10.5. The number of nitrogens with one attached hydrogen (secondary N) is 3. The summed E-state index contributed by atoms with van der Waals surface area (Å²) >= 11 is 1.48. The molecule has 1 aromatic carbocycles. The molecule has 0 bridgehead atoms.